The summed E-state index contributed by atoms with van der Waals surface area (Å²) in [5.41, 5.74) is 0.610. The third-order valence-corrected chi connectivity index (χ3v) is 4.84. The van der Waals surface area contributed by atoms with Crippen LogP contribution in [0.3, 0.4) is 0 Å². The Morgan fingerprint density at radius 1 is 1.30 bits per heavy atom. The van der Waals surface area contributed by atoms with Gasteiger partial charge in [0, 0.05) is 17.3 Å². The molecule has 0 aromatic heterocycles. The minimum absolute atomic E-state index is 0.294. The maximum Gasteiger partial charge on any atom is 0.242 e. The summed E-state index contributed by atoms with van der Waals surface area (Å²) in [5.74, 6) is -0.294. The number of amides is 1. The summed E-state index contributed by atoms with van der Waals surface area (Å²) in [6.07, 6.45) is 3.33. The van der Waals surface area contributed by atoms with Gasteiger partial charge in [-0.15, -0.1) is 0 Å². The van der Waals surface area contributed by atoms with Gasteiger partial charge in [-0.2, -0.15) is 4.31 Å². The average molecular weight is 317 g/mol. The average Bonchev–Trinajstić information content (AvgIpc) is 2.40. The molecule has 1 N–H and O–H groups in total. The van der Waals surface area contributed by atoms with Gasteiger partial charge in [0.05, 0.1) is 6.26 Å². The highest BCUT2D eigenvalue weighted by Gasteiger charge is 2.34. The van der Waals surface area contributed by atoms with E-state index in [1.165, 1.54) is 4.31 Å². The molecule has 2 rings (SSSR count). The van der Waals surface area contributed by atoms with Gasteiger partial charge in [0.25, 0.3) is 0 Å². The number of piperidine rings is 1. The fourth-order valence-corrected chi connectivity index (χ4v) is 3.57. The minimum atomic E-state index is -3.37. The van der Waals surface area contributed by atoms with E-state index in [4.69, 9.17) is 11.6 Å². The van der Waals surface area contributed by atoms with Crippen LogP contribution < -0.4 is 5.32 Å². The zero-order valence-corrected chi connectivity index (χ0v) is 12.7. The van der Waals surface area contributed by atoms with E-state index in [9.17, 15) is 13.2 Å². The zero-order chi connectivity index (χ0) is 14.8. The maximum atomic E-state index is 12.3. The number of benzene rings is 1. The second kappa shape index (κ2) is 6.11. The van der Waals surface area contributed by atoms with Gasteiger partial charge in [0.15, 0.2) is 0 Å². The van der Waals surface area contributed by atoms with Crippen LogP contribution in [0.15, 0.2) is 24.3 Å². The van der Waals surface area contributed by atoms with Crippen molar-refractivity contribution >= 4 is 33.2 Å². The van der Waals surface area contributed by atoms with Gasteiger partial charge < -0.3 is 5.32 Å². The van der Waals surface area contributed by atoms with Crippen molar-refractivity contribution < 1.29 is 13.2 Å². The Bertz CT molecular complexity index is 586. The van der Waals surface area contributed by atoms with Crippen molar-refractivity contribution in [1.82, 2.24) is 4.31 Å². The van der Waals surface area contributed by atoms with E-state index >= 15 is 0 Å². The number of hydrogen-bond acceptors (Lipinski definition) is 3. The number of nitrogens with zero attached hydrogens (tertiary/aromatic N) is 1. The lowest BCUT2D eigenvalue weighted by Gasteiger charge is -2.32. The highest BCUT2D eigenvalue weighted by atomic mass is 35.5. The first kappa shape index (κ1) is 15.3. The lowest BCUT2D eigenvalue weighted by atomic mass is 10.0. The molecular formula is C13H17ClN2O3S. The molecule has 1 heterocycles. The second-order valence-electron chi connectivity index (χ2n) is 4.88. The Morgan fingerprint density at radius 3 is 2.55 bits per heavy atom. The van der Waals surface area contributed by atoms with Crippen LogP contribution in [0.25, 0.3) is 0 Å². The molecule has 1 aliphatic heterocycles. The third kappa shape index (κ3) is 3.71. The molecule has 7 heteroatoms. The molecular weight excluding hydrogens is 300 g/mol. The Balaban J connectivity index is 2.12. The topological polar surface area (TPSA) is 66.5 Å². The molecule has 1 aliphatic rings. The van der Waals surface area contributed by atoms with Crippen molar-refractivity contribution in [3.05, 3.63) is 29.3 Å². The van der Waals surface area contributed by atoms with E-state index in [1.54, 1.807) is 24.3 Å². The molecule has 1 amide bonds. The van der Waals surface area contributed by atoms with Crippen LogP contribution in [-0.2, 0) is 14.8 Å². The van der Waals surface area contributed by atoms with E-state index in [0.29, 0.717) is 23.7 Å². The molecule has 1 atom stereocenters. The van der Waals surface area contributed by atoms with Gasteiger partial charge in [0.2, 0.25) is 15.9 Å². The third-order valence-electron chi connectivity index (χ3n) is 3.29. The summed E-state index contributed by atoms with van der Waals surface area (Å²) in [6, 6.07) is 6.09. The first-order chi connectivity index (χ1) is 9.38. The Kier molecular flexibility index (Phi) is 4.67. The van der Waals surface area contributed by atoms with Crippen LogP contribution >= 0.6 is 11.6 Å². The van der Waals surface area contributed by atoms with Gasteiger partial charge in [0.1, 0.15) is 6.04 Å². The molecule has 1 aromatic rings. The molecule has 0 radical (unpaired) electrons. The SMILES string of the molecule is CS(=O)(=O)N1CCCCC1C(=O)Nc1ccc(Cl)cc1. The summed E-state index contributed by atoms with van der Waals surface area (Å²) in [5, 5.41) is 3.32. The molecule has 0 bridgehead atoms. The lowest BCUT2D eigenvalue weighted by Crippen LogP contribution is -2.49. The van der Waals surface area contributed by atoms with E-state index in [-0.39, 0.29) is 5.91 Å². The predicted octanol–water partition coefficient (Wildman–Crippen LogP) is 2.09. The van der Waals surface area contributed by atoms with Crippen molar-refractivity contribution in [3.63, 3.8) is 0 Å². The monoisotopic (exact) mass is 316 g/mol. The van der Waals surface area contributed by atoms with Crippen molar-refractivity contribution in [1.29, 1.82) is 0 Å². The Hall–Kier alpha value is -1.11. The van der Waals surface area contributed by atoms with Crippen molar-refractivity contribution in [2.24, 2.45) is 0 Å². The molecule has 1 unspecified atom stereocenters. The van der Waals surface area contributed by atoms with E-state index < -0.39 is 16.1 Å². The largest absolute Gasteiger partial charge is 0.325 e. The first-order valence-electron chi connectivity index (χ1n) is 6.41. The van der Waals surface area contributed by atoms with E-state index in [1.807, 2.05) is 0 Å². The second-order valence-corrected chi connectivity index (χ2v) is 7.25. The smallest absolute Gasteiger partial charge is 0.242 e. The number of carbonyl (C=O) groups is 1. The normalized spacial score (nSPS) is 20.6. The quantitative estimate of drug-likeness (QED) is 0.928. The Morgan fingerprint density at radius 2 is 1.95 bits per heavy atom. The van der Waals surface area contributed by atoms with Crippen LogP contribution in [0.1, 0.15) is 19.3 Å². The van der Waals surface area contributed by atoms with Crippen molar-refractivity contribution in [2.75, 3.05) is 18.1 Å². The molecule has 1 saturated heterocycles. The number of sulfonamides is 1. The van der Waals surface area contributed by atoms with Crippen LogP contribution in [-0.4, -0.2) is 37.5 Å². The molecule has 1 aromatic carbocycles. The predicted molar refractivity (Wildman–Crippen MR) is 79.3 cm³/mol. The van der Waals surface area contributed by atoms with E-state index in [0.717, 1.165) is 19.1 Å². The summed E-state index contributed by atoms with van der Waals surface area (Å²) in [7, 11) is -3.37. The Labute approximate surface area is 124 Å². The summed E-state index contributed by atoms with van der Waals surface area (Å²) in [6.45, 7) is 0.400. The maximum absolute atomic E-state index is 12.3. The molecule has 0 saturated carbocycles. The summed E-state index contributed by atoms with van der Waals surface area (Å²) in [4.78, 5) is 12.3. The molecule has 0 aliphatic carbocycles. The zero-order valence-electron chi connectivity index (χ0n) is 11.2. The molecule has 20 heavy (non-hydrogen) atoms. The highest BCUT2D eigenvalue weighted by molar-refractivity contribution is 7.88. The standard InChI is InChI=1S/C13H17ClN2O3S/c1-20(18,19)16-9-3-2-4-12(16)13(17)15-11-7-5-10(14)6-8-11/h5-8,12H,2-4,9H2,1H3,(H,15,17). The minimum Gasteiger partial charge on any atom is -0.325 e. The fraction of sp³-hybridized carbons (Fsp3) is 0.462. The van der Waals surface area contributed by atoms with Gasteiger partial charge in [-0.3, -0.25) is 4.79 Å². The van der Waals surface area contributed by atoms with Gasteiger partial charge in [-0.05, 0) is 37.1 Å². The van der Waals surface area contributed by atoms with Crippen LogP contribution in [0, 0.1) is 0 Å². The first-order valence-corrected chi connectivity index (χ1v) is 8.64. The van der Waals surface area contributed by atoms with Gasteiger partial charge in [-0.1, -0.05) is 18.0 Å². The van der Waals surface area contributed by atoms with Gasteiger partial charge >= 0.3 is 0 Å². The number of halogens is 1. The van der Waals surface area contributed by atoms with E-state index in [2.05, 4.69) is 5.32 Å². The number of rotatable bonds is 3. The van der Waals surface area contributed by atoms with Crippen molar-refractivity contribution in [2.45, 2.75) is 25.3 Å². The number of hydrogen-bond donors (Lipinski definition) is 1. The number of anilines is 1. The van der Waals surface area contributed by atoms with Crippen molar-refractivity contribution in [3.8, 4) is 0 Å². The van der Waals surface area contributed by atoms with Crippen LogP contribution in [0.2, 0.25) is 5.02 Å². The summed E-state index contributed by atoms with van der Waals surface area (Å²) >= 11 is 5.78. The highest BCUT2D eigenvalue weighted by Crippen LogP contribution is 2.22. The number of nitrogens with one attached hydrogen (secondary N) is 1. The van der Waals surface area contributed by atoms with Gasteiger partial charge in [-0.25, -0.2) is 8.42 Å². The lowest BCUT2D eigenvalue weighted by molar-refractivity contribution is -0.120. The molecule has 5 nitrogen and oxygen atoms in total. The number of carbonyl (C=O) groups excluding carboxylic acids is 1. The molecule has 110 valence electrons. The molecule has 0 spiro atoms. The van der Waals surface area contributed by atoms with Crippen LogP contribution in [0.4, 0.5) is 5.69 Å². The summed E-state index contributed by atoms with van der Waals surface area (Å²) < 4.78 is 24.7. The molecule has 1 fully saturated rings. The van der Waals surface area contributed by atoms with Crippen LogP contribution in [0.5, 0.6) is 0 Å². The fourth-order valence-electron chi connectivity index (χ4n) is 2.32.